The van der Waals surface area contributed by atoms with E-state index < -0.39 is 0 Å². The summed E-state index contributed by atoms with van der Waals surface area (Å²) >= 11 is 4.83. The predicted molar refractivity (Wildman–Crippen MR) is 56.3 cm³/mol. The highest BCUT2D eigenvalue weighted by molar-refractivity contribution is 7.71. The molecule has 0 unspecified atom stereocenters. The molecule has 5 N–H and O–H groups in total. The third-order valence-corrected chi connectivity index (χ3v) is 2.21. The van der Waals surface area contributed by atoms with E-state index >= 15 is 0 Å². The molecule has 1 heterocycles. The van der Waals surface area contributed by atoms with Crippen LogP contribution < -0.4 is 5.84 Å². The maximum atomic E-state index is 9.56. The van der Waals surface area contributed by atoms with E-state index in [-0.39, 0.29) is 16.3 Å². The number of H-pyrrole nitrogens is 1. The van der Waals surface area contributed by atoms with Gasteiger partial charge in [-0.3, -0.25) is 0 Å². The average Bonchev–Trinajstić information content (AvgIpc) is 2.49. The molecule has 0 amide bonds. The summed E-state index contributed by atoms with van der Waals surface area (Å²) in [6.45, 7) is 0. The minimum atomic E-state index is -0.115. The highest BCUT2D eigenvalue weighted by Crippen LogP contribution is 2.29. The summed E-state index contributed by atoms with van der Waals surface area (Å²) in [6.07, 6.45) is 0. The van der Waals surface area contributed by atoms with Gasteiger partial charge in [-0.25, -0.2) is 9.77 Å². The van der Waals surface area contributed by atoms with Crippen molar-refractivity contribution in [1.29, 1.82) is 0 Å². The lowest BCUT2D eigenvalue weighted by molar-refractivity contribution is 0.451. The Labute approximate surface area is 89.6 Å². The van der Waals surface area contributed by atoms with Crippen molar-refractivity contribution in [2.75, 3.05) is 5.84 Å². The van der Waals surface area contributed by atoms with Crippen molar-refractivity contribution in [3.05, 3.63) is 23.0 Å². The SMILES string of the molecule is Nn1c(-c2ccc(O)cc2O)n[nH]c1=S. The van der Waals surface area contributed by atoms with E-state index in [2.05, 4.69) is 10.2 Å². The quantitative estimate of drug-likeness (QED) is 0.422. The van der Waals surface area contributed by atoms with Crippen molar-refractivity contribution in [1.82, 2.24) is 14.9 Å². The molecule has 0 bridgehead atoms. The summed E-state index contributed by atoms with van der Waals surface area (Å²) in [5.74, 6) is 5.74. The van der Waals surface area contributed by atoms with Crippen LogP contribution in [0.15, 0.2) is 18.2 Å². The van der Waals surface area contributed by atoms with Crippen molar-refractivity contribution in [3.63, 3.8) is 0 Å². The number of nitrogens with one attached hydrogen (secondary N) is 1. The van der Waals surface area contributed by atoms with Crippen LogP contribution in [0.5, 0.6) is 11.5 Å². The van der Waals surface area contributed by atoms with Gasteiger partial charge in [0.05, 0.1) is 5.56 Å². The fraction of sp³-hybridized carbons (Fsp3) is 0. The van der Waals surface area contributed by atoms with Gasteiger partial charge < -0.3 is 16.1 Å². The summed E-state index contributed by atoms with van der Waals surface area (Å²) in [6, 6.07) is 4.12. The largest absolute Gasteiger partial charge is 0.508 e. The Morgan fingerprint density at radius 3 is 2.67 bits per heavy atom. The molecule has 0 atom stereocenters. The number of phenolic OH excluding ortho intramolecular Hbond substituents is 2. The minimum absolute atomic E-state index is 0.0334. The van der Waals surface area contributed by atoms with Crippen LogP contribution in [0.4, 0.5) is 0 Å². The number of hydrogen-bond donors (Lipinski definition) is 4. The molecule has 0 aliphatic rings. The van der Waals surface area contributed by atoms with Gasteiger partial charge in [0.2, 0.25) is 4.77 Å². The van der Waals surface area contributed by atoms with E-state index in [4.69, 9.17) is 23.2 Å². The van der Waals surface area contributed by atoms with Gasteiger partial charge >= 0.3 is 0 Å². The summed E-state index contributed by atoms with van der Waals surface area (Å²) in [7, 11) is 0. The van der Waals surface area contributed by atoms with Gasteiger partial charge in [-0.2, -0.15) is 5.10 Å². The second-order valence-corrected chi connectivity index (χ2v) is 3.31. The molecule has 6 nitrogen and oxygen atoms in total. The molecule has 15 heavy (non-hydrogen) atoms. The fourth-order valence-electron chi connectivity index (χ4n) is 1.20. The molecule has 7 heteroatoms. The van der Waals surface area contributed by atoms with E-state index in [0.717, 1.165) is 4.68 Å². The molecule has 0 radical (unpaired) electrons. The monoisotopic (exact) mass is 224 g/mol. The van der Waals surface area contributed by atoms with Crippen molar-refractivity contribution in [2.45, 2.75) is 0 Å². The molecule has 1 aromatic carbocycles. The molecule has 0 spiro atoms. The normalized spacial score (nSPS) is 10.4. The van der Waals surface area contributed by atoms with E-state index in [9.17, 15) is 5.11 Å². The molecule has 0 aliphatic heterocycles. The Bertz CT molecular complexity index is 560. The van der Waals surface area contributed by atoms with E-state index in [1.807, 2.05) is 0 Å². The number of phenols is 2. The smallest absolute Gasteiger partial charge is 0.214 e. The lowest BCUT2D eigenvalue weighted by atomic mass is 10.2. The Hall–Kier alpha value is -2.02. The zero-order chi connectivity index (χ0) is 11.0. The van der Waals surface area contributed by atoms with Crippen LogP contribution in [-0.4, -0.2) is 25.1 Å². The van der Waals surface area contributed by atoms with Gasteiger partial charge in [0.25, 0.3) is 0 Å². The number of nitrogens with zero attached hydrogens (tertiary/aromatic N) is 2. The van der Waals surface area contributed by atoms with Crippen LogP contribution >= 0.6 is 12.2 Å². The molecule has 0 aliphatic carbocycles. The fourth-order valence-corrected chi connectivity index (χ4v) is 1.34. The van der Waals surface area contributed by atoms with Crippen LogP contribution in [0.1, 0.15) is 0 Å². The molecule has 1 aromatic heterocycles. The Morgan fingerprint density at radius 2 is 2.13 bits per heavy atom. The summed E-state index contributed by atoms with van der Waals surface area (Å²) in [4.78, 5) is 0. The number of benzene rings is 1. The van der Waals surface area contributed by atoms with Crippen molar-refractivity contribution < 1.29 is 10.2 Å². The number of aromatic hydroxyl groups is 2. The zero-order valence-corrected chi connectivity index (χ0v) is 8.32. The van der Waals surface area contributed by atoms with Gasteiger partial charge in [0.1, 0.15) is 11.5 Å². The number of nitrogens with two attached hydrogens (primary N) is 1. The van der Waals surface area contributed by atoms with Crippen LogP contribution in [0.25, 0.3) is 11.4 Å². The van der Waals surface area contributed by atoms with E-state index in [1.54, 1.807) is 0 Å². The molecule has 78 valence electrons. The van der Waals surface area contributed by atoms with Gasteiger partial charge in [-0.05, 0) is 24.4 Å². The first-order valence-electron chi connectivity index (χ1n) is 4.04. The maximum absolute atomic E-state index is 9.56. The number of aromatic nitrogens is 3. The van der Waals surface area contributed by atoms with Crippen LogP contribution in [-0.2, 0) is 0 Å². The van der Waals surface area contributed by atoms with Crippen molar-refractivity contribution in [3.8, 4) is 22.9 Å². The number of aromatic amines is 1. The highest BCUT2D eigenvalue weighted by Gasteiger charge is 2.11. The van der Waals surface area contributed by atoms with Crippen LogP contribution in [0, 0.1) is 4.77 Å². The molecule has 2 rings (SSSR count). The second-order valence-electron chi connectivity index (χ2n) is 2.92. The molecule has 0 fully saturated rings. The topological polar surface area (TPSA) is 100 Å². The molecular formula is C8H8N4O2S. The number of rotatable bonds is 1. The summed E-state index contributed by atoms with van der Waals surface area (Å²) in [5, 5.41) is 25.0. The standard InChI is InChI=1S/C8H8N4O2S/c9-12-7(10-11-8(12)15)5-2-1-4(13)3-6(5)14/h1-3,13-14H,9H2,(H,11,15). The third kappa shape index (κ3) is 1.52. The molecule has 0 saturated heterocycles. The molecule has 0 saturated carbocycles. The first-order valence-corrected chi connectivity index (χ1v) is 4.45. The molecular weight excluding hydrogens is 216 g/mol. The maximum Gasteiger partial charge on any atom is 0.214 e. The third-order valence-electron chi connectivity index (χ3n) is 1.93. The van der Waals surface area contributed by atoms with Crippen molar-refractivity contribution in [2.24, 2.45) is 0 Å². The Morgan fingerprint density at radius 1 is 1.40 bits per heavy atom. The Kier molecular flexibility index (Phi) is 2.09. The van der Waals surface area contributed by atoms with Crippen LogP contribution in [0.2, 0.25) is 0 Å². The van der Waals surface area contributed by atoms with Gasteiger partial charge in [0, 0.05) is 6.07 Å². The van der Waals surface area contributed by atoms with E-state index in [0.29, 0.717) is 11.4 Å². The lowest BCUT2D eigenvalue weighted by Gasteiger charge is -2.03. The number of hydrogen-bond acceptors (Lipinski definition) is 5. The first-order chi connectivity index (χ1) is 7.09. The first kappa shape index (κ1) is 9.53. The summed E-state index contributed by atoms with van der Waals surface area (Å²) in [5.41, 5.74) is 0.391. The second kappa shape index (κ2) is 3.28. The minimum Gasteiger partial charge on any atom is -0.508 e. The van der Waals surface area contributed by atoms with Gasteiger partial charge in [-0.15, -0.1) is 0 Å². The number of nitrogen functional groups attached to an aromatic ring is 1. The summed E-state index contributed by atoms with van der Waals surface area (Å²) < 4.78 is 1.39. The van der Waals surface area contributed by atoms with E-state index in [1.165, 1.54) is 18.2 Å². The van der Waals surface area contributed by atoms with Crippen molar-refractivity contribution >= 4 is 12.2 Å². The van der Waals surface area contributed by atoms with Gasteiger partial charge in [-0.1, -0.05) is 0 Å². The molecule has 2 aromatic rings. The van der Waals surface area contributed by atoms with Crippen LogP contribution in [0.3, 0.4) is 0 Å². The van der Waals surface area contributed by atoms with Gasteiger partial charge in [0.15, 0.2) is 5.82 Å². The zero-order valence-electron chi connectivity index (χ0n) is 7.51. The highest BCUT2D eigenvalue weighted by atomic mass is 32.1. The Balaban J connectivity index is 2.64. The average molecular weight is 224 g/mol. The predicted octanol–water partition coefficient (Wildman–Crippen LogP) is 0.733. The lowest BCUT2D eigenvalue weighted by Crippen LogP contribution is -2.09.